The van der Waals surface area contributed by atoms with Crippen molar-refractivity contribution in [3.05, 3.63) is 17.7 Å². The van der Waals surface area contributed by atoms with E-state index in [-0.39, 0.29) is 0 Å². The summed E-state index contributed by atoms with van der Waals surface area (Å²) in [6.45, 7) is 6.83. The van der Waals surface area contributed by atoms with Gasteiger partial charge in [-0.05, 0) is 39.7 Å². The summed E-state index contributed by atoms with van der Waals surface area (Å²) < 4.78 is 2.43. The van der Waals surface area contributed by atoms with Crippen LogP contribution in [0.4, 0.5) is 0 Å². The van der Waals surface area contributed by atoms with Crippen LogP contribution in [0, 0.1) is 0 Å². The molecule has 0 spiro atoms. The molecule has 2 atom stereocenters. The van der Waals surface area contributed by atoms with Crippen molar-refractivity contribution in [1.82, 2.24) is 14.5 Å². The molecule has 0 amide bonds. The Kier molecular flexibility index (Phi) is 3.16. The van der Waals surface area contributed by atoms with Gasteiger partial charge in [0.15, 0.2) is 0 Å². The maximum atomic E-state index is 6.04. The molecule has 1 aromatic heterocycles. The number of fused-ring (bicyclic) bond motifs is 1. The monoisotopic (exact) mass is 248 g/mol. The van der Waals surface area contributed by atoms with E-state index < -0.39 is 0 Å². The molecule has 0 bridgehead atoms. The van der Waals surface area contributed by atoms with Crippen LogP contribution in [0.1, 0.15) is 50.7 Å². The highest BCUT2D eigenvalue weighted by Crippen LogP contribution is 2.34. The molecule has 1 fully saturated rings. The van der Waals surface area contributed by atoms with E-state index in [2.05, 4.69) is 23.3 Å². The maximum absolute atomic E-state index is 6.04. The fraction of sp³-hybridized carbons (Fsp3) is 0.786. The second-order valence-corrected chi connectivity index (χ2v) is 6.00. The Morgan fingerprint density at radius 3 is 2.94 bits per heavy atom. The van der Waals surface area contributed by atoms with E-state index >= 15 is 0 Å². The minimum atomic E-state index is 0.326. The first kappa shape index (κ1) is 12.2. The average Bonchev–Trinajstić information content (AvgIpc) is 2.92. The maximum Gasteiger partial charge on any atom is 0.126 e. The van der Waals surface area contributed by atoms with Crippen molar-refractivity contribution in [2.24, 2.45) is 5.73 Å². The summed E-state index contributed by atoms with van der Waals surface area (Å²) in [5, 5.41) is 0. The zero-order chi connectivity index (χ0) is 12.7. The van der Waals surface area contributed by atoms with E-state index in [0.717, 1.165) is 19.4 Å². The highest BCUT2D eigenvalue weighted by molar-refractivity contribution is 5.14. The van der Waals surface area contributed by atoms with Gasteiger partial charge < -0.3 is 10.3 Å². The SMILES string of the molecule is CC(C)N1CCCC1c1ncc2n1CCC(N)C2. The first-order chi connectivity index (χ1) is 8.66. The first-order valence-corrected chi connectivity index (χ1v) is 7.22. The van der Waals surface area contributed by atoms with Crippen molar-refractivity contribution in [1.29, 1.82) is 0 Å². The number of imidazole rings is 1. The van der Waals surface area contributed by atoms with Crippen LogP contribution < -0.4 is 5.73 Å². The molecule has 2 unspecified atom stereocenters. The predicted octanol–water partition coefficient (Wildman–Crippen LogP) is 1.70. The van der Waals surface area contributed by atoms with Crippen molar-refractivity contribution in [2.45, 2.75) is 64.2 Å². The van der Waals surface area contributed by atoms with Crippen LogP contribution >= 0.6 is 0 Å². The third-order valence-electron chi connectivity index (χ3n) is 4.42. The predicted molar refractivity (Wildman–Crippen MR) is 72.3 cm³/mol. The molecule has 18 heavy (non-hydrogen) atoms. The number of hydrogen-bond donors (Lipinski definition) is 1. The molecule has 3 heterocycles. The minimum Gasteiger partial charge on any atom is -0.331 e. The second kappa shape index (κ2) is 4.67. The Bertz CT molecular complexity index is 423. The molecule has 3 rings (SSSR count). The van der Waals surface area contributed by atoms with Crippen LogP contribution in [0.25, 0.3) is 0 Å². The molecule has 4 heteroatoms. The van der Waals surface area contributed by atoms with Crippen LogP contribution in [-0.4, -0.2) is 33.1 Å². The summed E-state index contributed by atoms with van der Waals surface area (Å²) in [6, 6.07) is 1.45. The number of aromatic nitrogens is 2. The normalized spacial score (nSPS) is 28.9. The van der Waals surface area contributed by atoms with E-state index in [4.69, 9.17) is 10.7 Å². The molecule has 2 aliphatic heterocycles. The van der Waals surface area contributed by atoms with Crippen LogP contribution in [0.15, 0.2) is 6.20 Å². The quantitative estimate of drug-likeness (QED) is 0.866. The summed E-state index contributed by atoms with van der Waals surface area (Å²) in [7, 11) is 0. The lowest BCUT2D eigenvalue weighted by Crippen LogP contribution is -2.34. The van der Waals surface area contributed by atoms with E-state index in [0.29, 0.717) is 18.1 Å². The second-order valence-electron chi connectivity index (χ2n) is 6.00. The standard InChI is InChI=1S/C14H24N4/c1-10(2)17-6-3-4-13(17)14-16-9-12-8-11(15)5-7-18(12)14/h9-11,13H,3-8,15H2,1-2H3. The van der Waals surface area contributed by atoms with Gasteiger partial charge in [0, 0.05) is 36.9 Å². The topological polar surface area (TPSA) is 47.1 Å². The summed E-state index contributed by atoms with van der Waals surface area (Å²) in [4.78, 5) is 7.30. The van der Waals surface area contributed by atoms with E-state index in [1.807, 2.05) is 6.20 Å². The Balaban J connectivity index is 1.89. The largest absolute Gasteiger partial charge is 0.331 e. The van der Waals surface area contributed by atoms with Gasteiger partial charge in [-0.2, -0.15) is 0 Å². The lowest BCUT2D eigenvalue weighted by molar-refractivity contribution is 0.193. The van der Waals surface area contributed by atoms with Gasteiger partial charge in [-0.1, -0.05) is 0 Å². The summed E-state index contributed by atoms with van der Waals surface area (Å²) in [6.07, 6.45) is 6.67. The van der Waals surface area contributed by atoms with Gasteiger partial charge in [-0.25, -0.2) is 4.98 Å². The van der Waals surface area contributed by atoms with E-state index in [9.17, 15) is 0 Å². The molecule has 0 saturated carbocycles. The van der Waals surface area contributed by atoms with Gasteiger partial charge in [0.1, 0.15) is 5.82 Å². The van der Waals surface area contributed by atoms with Gasteiger partial charge in [0.2, 0.25) is 0 Å². The van der Waals surface area contributed by atoms with E-state index in [1.165, 1.54) is 30.9 Å². The average molecular weight is 248 g/mol. The van der Waals surface area contributed by atoms with Crippen LogP contribution in [-0.2, 0) is 13.0 Å². The zero-order valence-corrected chi connectivity index (χ0v) is 11.5. The Morgan fingerprint density at radius 1 is 1.33 bits per heavy atom. The molecule has 1 saturated heterocycles. The smallest absolute Gasteiger partial charge is 0.126 e. The fourth-order valence-electron chi connectivity index (χ4n) is 3.46. The molecule has 100 valence electrons. The highest BCUT2D eigenvalue weighted by atomic mass is 15.2. The number of likely N-dealkylation sites (tertiary alicyclic amines) is 1. The Morgan fingerprint density at radius 2 is 2.17 bits per heavy atom. The lowest BCUT2D eigenvalue weighted by Gasteiger charge is -2.30. The summed E-state index contributed by atoms with van der Waals surface area (Å²) in [5.74, 6) is 1.28. The van der Waals surface area contributed by atoms with Gasteiger partial charge in [-0.15, -0.1) is 0 Å². The molecular formula is C14H24N4. The summed E-state index contributed by atoms with van der Waals surface area (Å²) in [5.41, 5.74) is 7.37. The molecule has 2 N–H and O–H groups in total. The van der Waals surface area contributed by atoms with Crippen molar-refractivity contribution in [2.75, 3.05) is 6.54 Å². The van der Waals surface area contributed by atoms with Crippen molar-refractivity contribution < 1.29 is 0 Å². The Hall–Kier alpha value is -0.870. The van der Waals surface area contributed by atoms with Crippen LogP contribution in [0.2, 0.25) is 0 Å². The highest BCUT2D eigenvalue weighted by Gasteiger charge is 2.32. The molecule has 4 nitrogen and oxygen atoms in total. The molecule has 0 aliphatic carbocycles. The van der Waals surface area contributed by atoms with E-state index in [1.54, 1.807) is 0 Å². The minimum absolute atomic E-state index is 0.326. The van der Waals surface area contributed by atoms with Gasteiger partial charge in [0.05, 0.1) is 6.04 Å². The third kappa shape index (κ3) is 1.97. The zero-order valence-electron chi connectivity index (χ0n) is 11.5. The van der Waals surface area contributed by atoms with Crippen LogP contribution in [0.5, 0.6) is 0 Å². The molecule has 0 aromatic carbocycles. The van der Waals surface area contributed by atoms with Gasteiger partial charge in [-0.3, -0.25) is 4.90 Å². The van der Waals surface area contributed by atoms with Crippen molar-refractivity contribution in [3.63, 3.8) is 0 Å². The third-order valence-corrected chi connectivity index (χ3v) is 4.42. The van der Waals surface area contributed by atoms with Crippen molar-refractivity contribution in [3.8, 4) is 0 Å². The first-order valence-electron chi connectivity index (χ1n) is 7.22. The molecule has 2 aliphatic rings. The molecule has 1 aromatic rings. The molecular weight excluding hydrogens is 224 g/mol. The Labute approximate surface area is 109 Å². The number of hydrogen-bond acceptors (Lipinski definition) is 3. The van der Waals surface area contributed by atoms with Gasteiger partial charge >= 0.3 is 0 Å². The number of nitrogens with two attached hydrogens (primary N) is 1. The summed E-state index contributed by atoms with van der Waals surface area (Å²) >= 11 is 0. The molecule has 0 radical (unpaired) electrons. The lowest BCUT2D eigenvalue weighted by atomic mass is 10.1. The number of nitrogens with zero attached hydrogens (tertiary/aromatic N) is 3. The van der Waals surface area contributed by atoms with Gasteiger partial charge in [0.25, 0.3) is 0 Å². The van der Waals surface area contributed by atoms with Crippen molar-refractivity contribution >= 4 is 0 Å². The van der Waals surface area contributed by atoms with Crippen LogP contribution in [0.3, 0.4) is 0 Å². The number of rotatable bonds is 2. The fourth-order valence-corrected chi connectivity index (χ4v) is 3.46.